The summed E-state index contributed by atoms with van der Waals surface area (Å²) < 4.78 is 22.0. The molecule has 2 atom stereocenters. The van der Waals surface area contributed by atoms with Gasteiger partial charge < -0.3 is 15.4 Å². The highest BCUT2D eigenvalue weighted by Crippen LogP contribution is 2.31. The summed E-state index contributed by atoms with van der Waals surface area (Å²) in [4.78, 5) is 10.6. The van der Waals surface area contributed by atoms with Gasteiger partial charge >= 0.3 is 0 Å². The molecule has 0 aliphatic carbocycles. The molecule has 1 fully saturated rings. The monoisotopic (exact) mass is 551 g/mol. The van der Waals surface area contributed by atoms with E-state index in [9.17, 15) is 4.39 Å². The number of nitrogens with zero attached hydrogens (tertiary/aromatic N) is 5. The quantitative estimate of drug-likeness (QED) is 0.326. The van der Waals surface area contributed by atoms with Gasteiger partial charge in [-0.25, -0.2) is 9.37 Å². The van der Waals surface area contributed by atoms with Crippen LogP contribution in [0.2, 0.25) is 5.02 Å². The maximum Gasteiger partial charge on any atom is 0.191 e. The topological polar surface area (TPSA) is 79.6 Å². The molecule has 2 N–H and O–H groups in total. The minimum Gasteiger partial charge on any atom is -0.376 e. The first-order valence-electron chi connectivity index (χ1n) is 9.56. The number of rotatable bonds is 6. The van der Waals surface area contributed by atoms with Gasteiger partial charge in [-0.1, -0.05) is 17.7 Å². The lowest BCUT2D eigenvalue weighted by atomic mass is 10.0. The van der Waals surface area contributed by atoms with Crippen LogP contribution in [0.1, 0.15) is 24.4 Å². The van der Waals surface area contributed by atoms with Crippen LogP contribution in [-0.4, -0.2) is 65.0 Å². The molecule has 0 amide bonds. The first kappa shape index (κ1) is 24.8. The van der Waals surface area contributed by atoms with Gasteiger partial charge in [-0.3, -0.25) is 14.6 Å². The largest absolute Gasteiger partial charge is 0.376 e. The summed E-state index contributed by atoms with van der Waals surface area (Å²) in [6.45, 7) is 4.92. The Balaban J connectivity index is 0.00000320. The maximum absolute atomic E-state index is 14.7. The van der Waals surface area contributed by atoms with Crippen LogP contribution in [0.5, 0.6) is 0 Å². The Kier molecular flexibility index (Phi) is 9.72. The van der Waals surface area contributed by atoms with Gasteiger partial charge in [0.05, 0.1) is 25.3 Å². The summed E-state index contributed by atoms with van der Waals surface area (Å²) in [7, 11) is 3.52. The van der Waals surface area contributed by atoms with Crippen LogP contribution in [0.15, 0.2) is 29.5 Å². The van der Waals surface area contributed by atoms with Gasteiger partial charge in [0.25, 0.3) is 0 Å². The summed E-state index contributed by atoms with van der Waals surface area (Å²) in [5.74, 6) is 1.06. The number of aryl methyl sites for hydroxylation is 1. The summed E-state index contributed by atoms with van der Waals surface area (Å²) in [6.07, 6.45) is 1.58. The summed E-state index contributed by atoms with van der Waals surface area (Å²) >= 11 is 6.39. The van der Waals surface area contributed by atoms with Crippen molar-refractivity contribution in [2.75, 3.05) is 33.3 Å². The Morgan fingerprint density at radius 2 is 2.23 bits per heavy atom. The second-order valence-corrected chi connectivity index (χ2v) is 7.34. The SMILES string of the molecule is CN=C(NCc1ncnn1C)NCC(c1c(F)cccc1Cl)N1CCOC(C)C1.I. The number of hydrogen-bond donors (Lipinski definition) is 2. The molecule has 166 valence electrons. The van der Waals surface area contributed by atoms with Crippen molar-refractivity contribution in [3.05, 3.63) is 46.8 Å². The molecule has 1 aliphatic heterocycles. The molecular formula is C19H28ClFIN7O. The summed E-state index contributed by atoms with van der Waals surface area (Å²) in [5, 5.41) is 11.0. The number of aliphatic imine (C=N–C) groups is 1. The second-order valence-electron chi connectivity index (χ2n) is 6.93. The minimum absolute atomic E-state index is 0. The van der Waals surface area contributed by atoms with Crippen LogP contribution in [-0.2, 0) is 18.3 Å². The molecule has 2 unspecified atom stereocenters. The first-order valence-corrected chi connectivity index (χ1v) is 9.94. The molecule has 0 radical (unpaired) electrons. The van der Waals surface area contributed by atoms with E-state index in [4.69, 9.17) is 16.3 Å². The smallest absolute Gasteiger partial charge is 0.191 e. The van der Waals surface area contributed by atoms with Crippen molar-refractivity contribution in [2.45, 2.75) is 25.6 Å². The lowest BCUT2D eigenvalue weighted by molar-refractivity contribution is -0.0343. The Morgan fingerprint density at radius 1 is 1.43 bits per heavy atom. The number of morpholine rings is 1. The number of aromatic nitrogens is 3. The Hall–Kier alpha value is -1.50. The van der Waals surface area contributed by atoms with Crippen molar-refractivity contribution in [1.29, 1.82) is 0 Å². The van der Waals surface area contributed by atoms with E-state index in [1.807, 2.05) is 14.0 Å². The van der Waals surface area contributed by atoms with Gasteiger partial charge in [0, 0.05) is 44.3 Å². The zero-order valence-electron chi connectivity index (χ0n) is 17.3. The molecule has 2 heterocycles. The molecule has 0 saturated carbocycles. The van der Waals surface area contributed by atoms with Gasteiger partial charge in [-0.15, -0.1) is 24.0 Å². The number of nitrogens with one attached hydrogen (secondary N) is 2. The van der Waals surface area contributed by atoms with Gasteiger partial charge in [0.2, 0.25) is 0 Å². The van der Waals surface area contributed by atoms with Crippen LogP contribution < -0.4 is 10.6 Å². The number of benzene rings is 1. The van der Waals surface area contributed by atoms with E-state index in [2.05, 4.69) is 30.6 Å². The van der Waals surface area contributed by atoms with Crippen molar-refractivity contribution >= 4 is 41.5 Å². The van der Waals surface area contributed by atoms with E-state index in [1.165, 1.54) is 12.4 Å². The van der Waals surface area contributed by atoms with Crippen molar-refractivity contribution in [3.8, 4) is 0 Å². The Morgan fingerprint density at radius 3 is 2.87 bits per heavy atom. The minimum atomic E-state index is -0.314. The van der Waals surface area contributed by atoms with E-state index < -0.39 is 0 Å². The molecule has 0 spiro atoms. The second kappa shape index (κ2) is 11.8. The van der Waals surface area contributed by atoms with E-state index in [1.54, 1.807) is 23.9 Å². The third-order valence-corrected chi connectivity index (χ3v) is 5.28. The van der Waals surface area contributed by atoms with Crippen molar-refractivity contribution < 1.29 is 9.13 Å². The normalized spacial score (nSPS) is 18.6. The van der Waals surface area contributed by atoms with E-state index in [0.29, 0.717) is 49.3 Å². The van der Waals surface area contributed by atoms with E-state index in [0.717, 1.165) is 5.82 Å². The molecule has 0 bridgehead atoms. The summed E-state index contributed by atoms with van der Waals surface area (Å²) in [6, 6.07) is 4.52. The Bertz CT molecular complexity index is 830. The molecule has 30 heavy (non-hydrogen) atoms. The number of halogens is 3. The zero-order chi connectivity index (χ0) is 20.8. The van der Waals surface area contributed by atoms with Crippen molar-refractivity contribution in [3.63, 3.8) is 0 Å². The molecule has 3 rings (SSSR count). The molecular weight excluding hydrogens is 524 g/mol. The van der Waals surface area contributed by atoms with Gasteiger partial charge in [-0.2, -0.15) is 5.10 Å². The lowest BCUT2D eigenvalue weighted by Gasteiger charge is -2.38. The average Bonchev–Trinajstić information content (AvgIpc) is 3.11. The molecule has 1 aromatic heterocycles. The molecule has 1 aliphatic rings. The number of hydrogen-bond acceptors (Lipinski definition) is 5. The van der Waals surface area contributed by atoms with Crippen LogP contribution in [0, 0.1) is 5.82 Å². The van der Waals surface area contributed by atoms with Gasteiger partial charge in [0.15, 0.2) is 5.96 Å². The standard InChI is InChI=1S/C19H27ClFN7O.HI/c1-13-11-28(7-8-29-13)16(18-14(20)5-4-6-15(18)21)9-23-19(22-2)24-10-17-25-12-26-27(17)3;/h4-6,12-13,16H,7-11H2,1-3H3,(H2,22,23,24);1H. The molecule has 11 heteroatoms. The fourth-order valence-electron chi connectivity index (χ4n) is 3.43. The van der Waals surface area contributed by atoms with Crippen molar-refractivity contribution in [1.82, 2.24) is 30.3 Å². The highest BCUT2D eigenvalue weighted by molar-refractivity contribution is 14.0. The van der Waals surface area contributed by atoms with Crippen LogP contribution in [0.3, 0.4) is 0 Å². The molecule has 2 aromatic rings. The predicted molar refractivity (Wildman–Crippen MR) is 126 cm³/mol. The average molecular weight is 552 g/mol. The zero-order valence-corrected chi connectivity index (χ0v) is 20.4. The van der Waals surface area contributed by atoms with Gasteiger partial charge in [-0.05, 0) is 19.1 Å². The lowest BCUT2D eigenvalue weighted by Crippen LogP contribution is -2.48. The predicted octanol–water partition coefficient (Wildman–Crippen LogP) is 2.35. The fourth-order valence-corrected chi connectivity index (χ4v) is 3.72. The highest BCUT2D eigenvalue weighted by Gasteiger charge is 2.29. The summed E-state index contributed by atoms with van der Waals surface area (Å²) in [5.41, 5.74) is 0.486. The van der Waals surface area contributed by atoms with Crippen molar-refractivity contribution in [2.24, 2.45) is 12.0 Å². The van der Waals surface area contributed by atoms with Crippen LogP contribution in [0.4, 0.5) is 4.39 Å². The highest BCUT2D eigenvalue weighted by atomic mass is 127. The third-order valence-electron chi connectivity index (χ3n) is 4.95. The maximum atomic E-state index is 14.7. The third kappa shape index (κ3) is 6.25. The molecule has 1 saturated heterocycles. The fraction of sp³-hybridized carbons (Fsp3) is 0.526. The number of guanidine groups is 1. The first-order chi connectivity index (χ1) is 14.0. The molecule has 8 nitrogen and oxygen atoms in total. The van der Waals surface area contributed by atoms with E-state index >= 15 is 0 Å². The molecule has 1 aromatic carbocycles. The van der Waals surface area contributed by atoms with E-state index in [-0.39, 0.29) is 41.9 Å². The Labute approximate surface area is 198 Å². The van der Waals surface area contributed by atoms with Gasteiger partial charge in [0.1, 0.15) is 18.0 Å². The van der Waals surface area contributed by atoms with Crippen LogP contribution in [0.25, 0.3) is 0 Å². The van der Waals surface area contributed by atoms with Crippen LogP contribution >= 0.6 is 35.6 Å². The number of ether oxygens (including phenoxy) is 1.